The second kappa shape index (κ2) is 7.61. The maximum Gasteiger partial charge on any atom is 0.255 e. The lowest BCUT2D eigenvalue weighted by molar-refractivity contribution is 0.0928. The number of pyridine rings is 1. The summed E-state index contributed by atoms with van der Waals surface area (Å²) in [6.07, 6.45) is 3.50. The van der Waals surface area contributed by atoms with Crippen LogP contribution in [0, 0.1) is 0 Å². The monoisotopic (exact) mass is 360 g/mol. The predicted octanol–water partition coefficient (Wildman–Crippen LogP) is 2.72. The molecule has 3 N–H and O–H groups in total. The number of benzene rings is 1. The lowest BCUT2D eigenvalue weighted by Crippen LogP contribution is -2.45. The van der Waals surface area contributed by atoms with Crippen LogP contribution in [-0.4, -0.2) is 37.1 Å². The maximum absolute atomic E-state index is 12.6. The standard InChI is InChI=1S/C18H21ClN4O2/c1-25-16-11-15(20)14(19)10-13(16)18(24)22-12-5-8-23(9-6-12)17-4-2-3-7-21-17/h2-4,7,10-12H,5-6,8-9,20H2,1H3,(H,22,24). The Balaban J connectivity index is 1.62. The van der Waals surface area contributed by atoms with Gasteiger partial charge in [0.15, 0.2) is 0 Å². The van der Waals surface area contributed by atoms with Crippen LogP contribution in [0.15, 0.2) is 36.5 Å². The van der Waals surface area contributed by atoms with Gasteiger partial charge in [-0.2, -0.15) is 0 Å². The second-order valence-electron chi connectivity index (χ2n) is 6.00. The van der Waals surface area contributed by atoms with Gasteiger partial charge in [-0.05, 0) is 31.0 Å². The minimum Gasteiger partial charge on any atom is -0.496 e. The molecule has 0 bridgehead atoms. The highest BCUT2D eigenvalue weighted by atomic mass is 35.5. The molecule has 0 radical (unpaired) electrons. The van der Waals surface area contributed by atoms with Gasteiger partial charge in [-0.25, -0.2) is 4.98 Å². The quantitative estimate of drug-likeness (QED) is 0.819. The number of piperidine rings is 1. The molecule has 0 atom stereocenters. The number of anilines is 2. The van der Waals surface area contributed by atoms with Gasteiger partial charge in [-0.3, -0.25) is 4.79 Å². The lowest BCUT2D eigenvalue weighted by Gasteiger charge is -2.33. The highest BCUT2D eigenvalue weighted by Crippen LogP contribution is 2.29. The van der Waals surface area contributed by atoms with E-state index in [0.29, 0.717) is 22.0 Å². The third-order valence-electron chi connectivity index (χ3n) is 4.37. The van der Waals surface area contributed by atoms with E-state index in [0.717, 1.165) is 31.7 Å². The molecule has 0 saturated carbocycles. The van der Waals surface area contributed by atoms with E-state index in [4.69, 9.17) is 22.1 Å². The third kappa shape index (κ3) is 3.96. The number of nitrogen functional groups attached to an aromatic ring is 1. The first-order chi connectivity index (χ1) is 12.1. The zero-order chi connectivity index (χ0) is 17.8. The van der Waals surface area contributed by atoms with Crippen molar-refractivity contribution < 1.29 is 9.53 Å². The van der Waals surface area contributed by atoms with Crippen LogP contribution in [0.2, 0.25) is 5.02 Å². The van der Waals surface area contributed by atoms with E-state index in [1.165, 1.54) is 7.11 Å². The fraction of sp³-hybridized carbons (Fsp3) is 0.333. The van der Waals surface area contributed by atoms with Crippen molar-refractivity contribution in [2.75, 3.05) is 30.8 Å². The van der Waals surface area contributed by atoms with Gasteiger partial charge in [0.2, 0.25) is 0 Å². The molecular weight excluding hydrogens is 340 g/mol. The number of nitrogens with zero attached hydrogens (tertiary/aromatic N) is 2. The number of halogens is 1. The van der Waals surface area contributed by atoms with E-state index >= 15 is 0 Å². The summed E-state index contributed by atoms with van der Waals surface area (Å²) >= 11 is 6.04. The molecular formula is C18H21ClN4O2. The molecule has 25 heavy (non-hydrogen) atoms. The highest BCUT2D eigenvalue weighted by Gasteiger charge is 2.23. The minimum absolute atomic E-state index is 0.105. The van der Waals surface area contributed by atoms with E-state index in [1.54, 1.807) is 18.3 Å². The molecule has 132 valence electrons. The Morgan fingerprint density at radius 3 is 2.76 bits per heavy atom. The molecule has 1 aliphatic heterocycles. The van der Waals surface area contributed by atoms with Crippen LogP contribution in [0.1, 0.15) is 23.2 Å². The topological polar surface area (TPSA) is 80.5 Å². The smallest absolute Gasteiger partial charge is 0.255 e. The molecule has 1 aliphatic rings. The van der Waals surface area contributed by atoms with Gasteiger partial charge in [-0.1, -0.05) is 17.7 Å². The van der Waals surface area contributed by atoms with Crippen LogP contribution in [0.4, 0.5) is 11.5 Å². The fourth-order valence-electron chi connectivity index (χ4n) is 2.97. The summed E-state index contributed by atoms with van der Waals surface area (Å²) < 4.78 is 5.25. The first-order valence-electron chi connectivity index (χ1n) is 8.18. The first-order valence-corrected chi connectivity index (χ1v) is 8.56. The molecule has 3 rings (SSSR count). The van der Waals surface area contributed by atoms with Crippen molar-refractivity contribution in [1.82, 2.24) is 10.3 Å². The van der Waals surface area contributed by atoms with E-state index in [-0.39, 0.29) is 11.9 Å². The molecule has 0 aliphatic carbocycles. The molecule has 0 spiro atoms. The molecule has 2 aromatic rings. The number of carbonyl (C=O) groups is 1. The number of methoxy groups -OCH3 is 1. The Bertz CT molecular complexity index is 746. The van der Waals surface area contributed by atoms with Crippen molar-refractivity contribution in [1.29, 1.82) is 0 Å². The molecule has 1 fully saturated rings. The number of nitrogens with one attached hydrogen (secondary N) is 1. The summed E-state index contributed by atoms with van der Waals surface area (Å²) in [5.41, 5.74) is 6.55. The maximum atomic E-state index is 12.6. The van der Waals surface area contributed by atoms with Crippen molar-refractivity contribution in [2.24, 2.45) is 0 Å². The van der Waals surface area contributed by atoms with Crippen LogP contribution in [-0.2, 0) is 0 Å². The Morgan fingerprint density at radius 1 is 1.36 bits per heavy atom. The van der Waals surface area contributed by atoms with Crippen molar-refractivity contribution in [2.45, 2.75) is 18.9 Å². The Labute approximate surface area is 151 Å². The molecule has 7 heteroatoms. The number of amides is 1. The number of hydrogen-bond acceptors (Lipinski definition) is 5. The van der Waals surface area contributed by atoms with E-state index in [9.17, 15) is 4.79 Å². The van der Waals surface area contributed by atoms with Crippen LogP contribution in [0.25, 0.3) is 0 Å². The van der Waals surface area contributed by atoms with Crippen LogP contribution >= 0.6 is 11.6 Å². The van der Waals surface area contributed by atoms with Crippen molar-refractivity contribution in [3.63, 3.8) is 0 Å². The number of nitrogens with two attached hydrogens (primary N) is 1. The summed E-state index contributed by atoms with van der Waals surface area (Å²) in [4.78, 5) is 19.2. The van der Waals surface area contributed by atoms with Gasteiger partial charge < -0.3 is 20.7 Å². The Morgan fingerprint density at radius 2 is 2.12 bits per heavy atom. The van der Waals surface area contributed by atoms with Crippen molar-refractivity contribution >= 4 is 29.0 Å². The van der Waals surface area contributed by atoms with Crippen LogP contribution in [0.3, 0.4) is 0 Å². The molecule has 1 amide bonds. The van der Waals surface area contributed by atoms with Gasteiger partial charge >= 0.3 is 0 Å². The van der Waals surface area contributed by atoms with Crippen molar-refractivity contribution in [3.05, 3.63) is 47.1 Å². The van der Waals surface area contributed by atoms with Gasteiger partial charge in [0, 0.05) is 31.4 Å². The summed E-state index contributed by atoms with van der Waals surface area (Å²) in [7, 11) is 1.50. The van der Waals surface area contributed by atoms with Crippen molar-refractivity contribution in [3.8, 4) is 5.75 Å². The molecule has 2 heterocycles. The molecule has 6 nitrogen and oxygen atoms in total. The molecule has 0 unspecified atom stereocenters. The van der Waals surface area contributed by atoms with Gasteiger partial charge in [-0.15, -0.1) is 0 Å². The Kier molecular flexibility index (Phi) is 5.28. The van der Waals surface area contributed by atoms with Gasteiger partial charge in [0.05, 0.1) is 23.4 Å². The number of aromatic nitrogens is 1. The van der Waals surface area contributed by atoms with E-state index < -0.39 is 0 Å². The summed E-state index contributed by atoms with van der Waals surface area (Å²) in [5, 5.41) is 3.41. The van der Waals surface area contributed by atoms with Crippen LogP contribution < -0.4 is 20.7 Å². The van der Waals surface area contributed by atoms with E-state index in [1.807, 2.05) is 18.2 Å². The Hall–Kier alpha value is -2.47. The lowest BCUT2D eigenvalue weighted by atomic mass is 10.0. The minimum atomic E-state index is -0.199. The largest absolute Gasteiger partial charge is 0.496 e. The number of ether oxygens (including phenoxy) is 1. The highest BCUT2D eigenvalue weighted by molar-refractivity contribution is 6.33. The number of rotatable bonds is 4. The summed E-state index contributed by atoms with van der Waals surface area (Å²) in [6.45, 7) is 1.70. The normalized spacial score (nSPS) is 15.0. The summed E-state index contributed by atoms with van der Waals surface area (Å²) in [5.74, 6) is 1.19. The average Bonchev–Trinajstić information content (AvgIpc) is 2.65. The number of hydrogen-bond donors (Lipinski definition) is 2. The molecule has 1 saturated heterocycles. The summed E-state index contributed by atoms with van der Waals surface area (Å²) in [6, 6.07) is 9.11. The molecule has 1 aromatic heterocycles. The number of carbonyl (C=O) groups excluding carboxylic acids is 1. The third-order valence-corrected chi connectivity index (χ3v) is 4.69. The second-order valence-corrected chi connectivity index (χ2v) is 6.40. The SMILES string of the molecule is COc1cc(N)c(Cl)cc1C(=O)NC1CCN(c2ccccn2)CC1. The molecule has 1 aromatic carbocycles. The first kappa shape index (κ1) is 17.4. The van der Waals surface area contributed by atoms with E-state index in [2.05, 4.69) is 15.2 Å². The predicted molar refractivity (Wildman–Crippen MR) is 99.4 cm³/mol. The zero-order valence-corrected chi connectivity index (χ0v) is 14.8. The van der Waals surface area contributed by atoms with Gasteiger partial charge in [0.1, 0.15) is 11.6 Å². The zero-order valence-electron chi connectivity index (χ0n) is 14.0. The fourth-order valence-corrected chi connectivity index (χ4v) is 3.14. The average molecular weight is 361 g/mol. The van der Waals surface area contributed by atoms with Gasteiger partial charge in [0.25, 0.3) is 5.91 Å². The van der Waals surface area contributed by atoms with Crippen LogP contribution in [0.5, 0.6) is 5.75 Å².